The Morgan fingerprint density at radius 1 is 1.30 bits per heavy atom. The summed E-state index contributed by atoms with van der Waals surface area (Å²) >= 11 is 0. The van der Waals surface area contributed by atoms with Crippen LogP contribution in [0.15, 0.2) is 24.3 Å². The van der Waals surface area contributed by atoms with Crippen molar-refractivity contribution in [1.29, 1.82) is 0 Å². The zero-order valence-electron chi connectivity index (χ0n) is 10.9. The SMILES string of the molecule is CC(C)C(/C=C/c1ccc(C(F)(F)F)cc1F)C(=O)O. The molecular weight excluding hydrogens is 276 g/mol. The summed E-state index contributed by atoms with van der Waals surface area (Å²) in [5.74, 6) is -3.13. The third-order valence-electron chi connectivity index (χ3n) is 2.81. The van der Waals surface area contributed by atoms with Crippen molar-refractivity contribution in [3.63, 3.8) is 0 Å². The molecule has 0 heterocycles. The number of carboxylic acids is 1. The minimum atomic E-state index is -4.61. The summed E-state index contributed by atoms with van der Waals surface area (Å²) in [6.07, 6.45) is -2.14. The topological polar surface area (TPSA) is 37.3 Å². The summed E-state index contributed by atoms with van der Waals surface area (Å²) in [5, 5.41) is 8.95. The van der Waals surface area contributed by atoms with Crippen LogP contribution in [0.2, 0.25) is 0 Å². The van der Waals surface area contributed by atoms with Crippen molar-refractivity contribution in [2.24, 2.45) is 11.8 Å². The first kappa shape index (κ1) is 16.2. The van der Waals surface area contributed by atoms with E-state index in [-0.39, 0.29) is 11.5 Å². The summed E-state index contributed by atoms with van der Waals surface area (Å²) in [6, 6.07) is 2.13. The first-order valence-corrected chi connectivity index (χ1v) is 5.90. The van der Waals surface area contributed by atoms with Crippen LogP contribution in [-0.4, -0.2) is 11.1 Å². The molecule has 2 nitrogen and oxygen atoms in total. The molecule has 0 aliphatic heterocycles. The highest BCUT2D eigenvalue weighted by atomic mass is 19.4. The van der Waals surface area contributed by atoms with Crippen LogP contribution >= 0.6 is 0 Å². The Morgan fingerprint density at radius 3 is 2.30 bits per heavy atom. The van der Waals surface area contributed by atoms with Gasteiger partial charge in [0.05, 0.1) is 11.5 Å². The van der Waals surface area contributed by atoms with Crippen LogP contribution in [0.25, 0.3) is 6.08 Å². The van der Waals surface area contributed by atoms with Crippen molar-refractivity contribution in [3.05, 3.63) is 41.2 Å². The molecule has 1 unspecified atom stereocenters. The van der Waals surface area contributed by atoms with Crippen LogP contribution in [0.5, 0.6) is 0 Å². The van der Waals surface area contributed by atoms with Gasteiger partial charge in [0.15, 0.2) is 0 Å². The van der Waals surface area contributed by atoms with Crippen LogP contribution in [0.1, 0.15) is 25.0 Å². The number of halogens is 4. The minimum Gasteiger partial charge on any atom is -0.481 e. The van der Waals surface area contributed by atoms with Gasteiger partial charge in [-0.15, -0.1) is 0 Å². The molecule has 110 valence electrons. The number of hydrogen-bond donors (Lipinski definition) is 1. The fourth-order valence-corrected chi connectivity index (χ4v) is 1.64. The molecular formula is C14H14F4O2. The molecule has 1 atom stereocenters. The van der Waals surface area contributed by atoms with Gasteiger partial charge in [0.25, 0.3) is 0 Å². The Hall–Kier alpha value is -1.85. The van der Waals surface area contributed by atoms with Gasteiger partial charge < -0.3 is 5.11 Å². The molecule has 1 aromatic carbocycles. The molecule has 0 radical (unpaired) electrons. The predicted octanol–water partition coefficient (Wildman–Crippen LogP) is 4.21. The van der Waals surface area contributed by atoms with E-state index in [1.807, 2.05) is 0 Å². The molecule has 0 spiro atoms. The maximum absolute atomic E-state index is 13.5. The molecule has 1 N–H and O–H groups in total. The van der Waals surface area contributed by atoms with Gasteiger partial charge in [-0.1, -0.05) is 32.1 Å². The van der Waals surface area contributed by atoms with E-state index in [0.717, 1.165) is 12.1 Å². The summed E-state index contributed by atoms with van der Waals surface area (Å²) in [5.41, 5.74) is -1.16. The smallest absolute Gasteiger partial charge is 0.416 e. The first-order valence-electron chi connectivity index (χ1n) is 5.90. The van der Waals surface area contributed by atoms with E-state index in [1.165, 1.54) is 12.2 Å². The van der Waals surface area contributed by atoms with Gasteiger partial charge in [0.2, 0.25) is 0 Å². The Kier molecular flexibility index (Phi) is 4.92. The molecule has 0 fully saturated rings. The summed E-state index contributed by atoms with van der Waals surface area (Å²) in [6.45, 7) is 3.37. The fourth-order valence-electron chi connectivity index (χ4n) is 1.64. The van der Waals surface area contributed by atoms with Gasteiger partial charge in [0, 0.05) is 5.56 Å². The standard InChI is InChI=1S/C14H14F4O2/c1-8(2)11(13(19)20)6-4-9-3-5-10(7-12(9)15)14(16,17)18/h3-8,11H,1-2H3,(H,19,20)/b6-4+. The van der Waals surface area contributed by atoms with E-state index in [4.69, 9.17) is 5.11 Å². The van der Waals surface area contributed by atoms with Crippen molar-refractivity contribution >= 4 is 12.0 Å². The lowest BCUT2D eigenvalue weighted by molar-refractivity contribution is -0.141. The van der Waals surface area contributed by atoms with E-state index in [1.54, 1.807) is 13.8 Å². The Bertz CT molecular complexity index is 518. The highest BCUT2D eigenvalue weighted by Gasteiger charge is 2.31. The van der Waals surface area contributed by atoms with Crippen LogP contribution in [-0.2, 0) is 11.0 Å². The van der Waals surface area contributed by atoms with E-state index >= 15 is 0 Å². The molecule has 0 bridgehead atoms. The molecule has 1 rings (SSSR count). The number of rotatable bonds is 4. The summed E-state index contributed by atoms with van der Waals surface area (Å²) in [4.78, 5) is 10.9. The first-order chi connectivity index (χ1) is 9.12. The molecule has 0 amide bonds. The second kappa shape index (κ2) is 6.07. The van der Waals surface area contributed by atoms with E-state index in [0.29, 0.717) is 6.07 Å². The van der Waals surface area contributed by atoms with Gasteiger partial charge in [-0.05, 0) is 18.1 Å². The van der Waals surface area contributed by atoms with Gasteiger partial charge in [-0.3, -0.25) is 4.79 Å². The van der Waals surface area contributed by atoms with Crippen molar-refractivity contribution in [1.82, 2.24) is 0 Å². The average Bonchev–Trinajstić information content (AvgIpc) is 2.28. The molecule has 0 aromatic heterocycles. The Labute approximate surface area is 113 Å². The fraction of sp³-hybridized carbons (Fsp3) is 0.357. The molecule has 6 heteroatoms. The maximum Gasteiger partial charge on any atom is 0.416 e. The number of benzene rings is 1. The van der Waals surface area contributed by atoms with Gasteiger partial charge in [0.1, 0.15) is 5.82 Å². The molecule has 0 saturated heterocycles. The van der Waals surface area contributed by atoms with Crippen molar-refractivity contribution in [2.75, 3.05) is 0 Å². The number of carboxylic acid groups (broad SMARTS) is 1. The van der Waals surface area contributed by atoms with Gasteiger partial charge in [-0.25, -0.2) is 4.39 Å². The molecule has 0 saturated carbocycles. The van der Waals surface area contributed by atoms with Gasteiger partial charge in [-0.2, -0.15) is 13.2 Å². The highest BCUT2D eigenvalue weighted by molar-refractivity contribution is 5.74. The zero-order valence-corrected chi connectivity index (χ0v) is 10.9. The van der Waals surface area contributed by atoms with Crippen LogP contribution in [0, 0.1) is 17.7 Å². The normalized spacial score (nSPS) is 13.9. The minimum absolute atomic E-state index is 0.0788. The summed E-state index contributed by atoms with van der Waals surface area (Å²) in [7, 11) is 0. The second-order valence-electron chi connectivity index (χ2n) is 4.70. The highest BCUT2D eigenvalue weighted by Crippen LogP contribution is 2.30. The van der Waals surface area contributed by atoms with Gasteiger partial charge >= 0.3 is 12.1 Å². The number of carbonyl (C=O) groups is 1. The number of aliphatic carboxylic acids is 1. The van der Waals surface area contributed by atoms with Crippen molar-refractivity contribution in [3.8, 4) is 0 Å². The number of hydrogen-bond acceptors (Lipinski definition) is 1. The van der Waals surface area contributed by atoms with Crippen molar-refractivity contribution < 1.29 is 27.5 Å². The monoisotopic (exact) mass is 290 g/mol. The lowest BCUT2D eigenvalue weighted by Crippen LogP contribution is -2.16. The van der Waals surface area contributed by atoms with Crippen LogP contribution in [0.4, 0.5) is 17.6 Å². The van der Waals surface area contributed by atoms with Crippen LogP contribution in [0.3, 0.4) is 0 Å². The average molecular weight is 290 g/mol. The molecule has 0 aliphatic rings. The Balaban J connectivity index is 3.02. The second-order valence-corrected chi connectivity index (χ2v) is 4.70. The van der Waals surface area contributed by atoms with E-state index < -0.39 is 29.4 Å². The quantitative estimate of drug-likeness (QED) is 0.843. The van der Waals surface area contributed by atoms with Crippen molar-refractivity contribution in [2.45, 2.75) is 20.0 Å². The third kappa shape index (κ3) is 4.08. The third-order valence-corrected chi connectivity index (χ3v) is 2.81. The molecule has 1 aromatic rings. The maximum atomic E-state index is 13.5. The van der Waals surface area contributed by atoms with E-state index in [9.17, 15) is 22.4 Å². The largest absolute Gasteiger partial charge is 0.481 e. The van der Waals surface area contributed by atoms with E-state index in [2.05, 4.69) is 0 Å². The lowest BCUT2D eigenvalue weighted by Gasteiger charge is -2.11. The molecule has 20 heavy (non-hydrogen) atoms. The molecule has 0 aliphatic carbocycles. The summed E-state index contributed by atoms with van der Waals surface area (Å²) < 4.78 is 50.6. The number of alkyl halides is 3. The van der Waals surface area contributed by atoms with Crippen LogP contribution < -0.4 is 0 Å². The predicted molar refractivity (Wildman–Crippen MR) is 66.4 cm³/mol. The lowest BCUT2D eigenvalue weighted by atomic mass is 9.95. The zero-order chi connectivity index (χ0) is 15.5. The Morgan fingerprint density at radius 2 is 1.90 bits per heavy atom.